The number of oxazole rings is 1. The van der Waals surface area contributed by atoms with E-state index in [1.54, 1.807) is 17.9 Å². The van der Waals surface area contributed by atoms with Gasteiger partial charge in [0.25, 0.3) is 5.91 Å². The van der Waals surface area contributed by atoms with Gasteiger partial charge in [0.1, 0.15) is 5.76 Å². The van der Waals surface area contributed by atoms with E-state index < -0.39 is 0 Å². The van der Waals surface area contributed by atoms with Crippen molar-refractivity contribution in [3.05, 3.63) is 47.2 Å². The third kappa shape index (κ3) is 2.91. The van der Waals surface area contributed by atoms with E-state index in [1.807, 2.05) is 19.1 Å². The minimum Gasteiger partial charge on any atom is -0.462 e. The van der Waals surface area contributed by atoms with E-state index in [4.69, 9.17) is 9.15 Å². The topological polar surface area (TPSA) is 72.6 Å². The van der Waals surface area contributed by atoms with Gasteiger partial charge in [-0.2, -0.15) is 0 Å². The summed E-state index contributed by atoms with van der Waals surface area (Å²) in [7, 11) is 0. The van der Waals surface area contributed by atoms with Gasteiger partial charge in [0.2, 0.25) is 0 Å². The van der Waals surface area contributed by atoms with Crippen LogP contribution in [0.5, 0.6) is 0 Å². The number of esters is 1. The molecule has 0 fully saturated rings. The van der Waals surface area contributed by atoms with E-state index >= 15 is 0 Å². The van der Waals surface area contributed by atoms with Gasteiger partial charge in [-0.1, -0.05) is 6.92 Å². The number of aromatic nitrogens is 1. The van der Waals surface area contributed by atoms with Crippen molar-refractivity contribution >= 4 is 17.6 Å². The highest BCUT2D eigenvalue weighted by Crippen LogP contribution is 2.30. The second-order valence-corrected chi connectivity index (χ2v) is 5.60. The lowest BCUT2D eigenvalue weighted by Gasteiger charge is -2.29. The van der Waals surface area contributed by atoms with Crippen LogP contribution in [0.2, 0.25) is 0 Å². The van der Waals surface area contributed by atoms with Crippen LogP contribution >= 0.6 is 0 Å². The highest BCUT2D eigenvalue weighted by molar-refractivity contribution is 6.06. The van der Waals surface area contributed by atoms with Crippen LogP contribution in [0, 0.1) is 0 Å². The Morgan fingerprint density at radius 3 is 2.92 bits per heavy atom. The van der Waals surface area contributed by atoms with Crippen LogP contribution in [0.1, 0.15) is 52.4 Å². The number of fused-ring (bicyclic) bond motifs is 1. The molecule has 0 N–H and O–H groups in total. The second kappa shape index (κ2) is 6.86. The third-order valence-corrected chi connectivity index (χ3v) is 4.12. The van der Waals surface area contributed by atoms with Gasteiger partial charge >= 0.3 is 5.97 Å². The lowest BCUT2D eigenvalue weighted by Crippen LogP contribution is -2.36. The van der Waals surface area contributed by atoms with Crippen molar-refractivity contribution in [2.75, 3.05) is 18.1 Å². The molecule has 0 saturated carbocycles. The van der Waals surface area contributed by atoms with Gasteiger partial charge in [0, 0.05) is 18.7 Å². The highest BCUT2D eigenvalue weighted by Gasteiger charge is 2.27. The number of carbonyl (C=O) groups excluding carboxylic acids is 2. The van der Waals surface area contributed by atoms with Crippen molar-refractivity contribution in [3.8, 4) is 0 Å². The van der Waals surface area contributed by atoms with Crippen molar-refractivity contribution in [3.63, 3.8) is 0 Å². The Bertz CT molecular complexity index is 766. The van der Waals surface area contributed by atoms with Crippen molar-refractivity contribution in [2.24, 2.45) is 0 Å². The van der Waals surface area contributed by atoms with E-state index in [2.05, 4.69) is 4.98 Å². The molecule has 6 nitrogen and oxygen atoms in total. The van der Waals surface area contributed by atoms with Crippen LogP contribution in [0.15, 0.2) is 29.0 Å². The first-order valence-corrected chi connectivity index (χ1v) is 8.20. The molecule has 1 aliphatic heterocycles. The van der Waals surface area contributed by atoms with E-state index in [0.717, 1.165) is 24.1 Å². The Balaban J connectivity index is 1.92. The zero-order chi connectivity index (χ0) is 17.1. The van der Waals surface area contributed by atoms with Gasteiger partial charge in [-0.25, -0.2) is 9.78 Å². The van der Waals surface area contributed by atoms with Crippen molar-refractivity contribution in [1.29, 1.82) is 0 Å². The monoisotopic (exact) mass is 328 g/mol. The number of ether oxygens (including phenoxy) is 1. The Morgan fingerprint density at radius 1 is 1.33 bits per heavy atom. The molecule has 1 aromatic carbocycles. The molecule has 3 rings (SSSR count). The maximum atomic E-state index is 12.8. The Kier molecular flexibility index (Phi) is 4.64. The van der Waals surface area contributed by atoms with Crippen LogP contribution < -0.4 is 4.90 Å². The zero-order valence-corrected chi connectivity index (χ0v) is 13.9. The van der Waals surface area contributed by atoms with E-state index in [9.17, 15) is 9.59 Å². The van der Waals surface area contributed by atoms with Crippen LogP contribution in [0.25, 0.3) is 0 Å². The fourth-order valence-corrected chi connectivity index (χ4v) is 2.97. The second-order valence-electron chi connectivity index (χ2n) is 5.60. The average molecular weight is 328 g/mol. The fraction of sp³-hybridized carbons (Fsp3) is 0.389. The summed E-state index contributed by atoms with van der Waals surface area (Å²) in [6.07, 6.45) is 3.58. The molecule has 0 atom stereocenters. The maximum absolute atomic E-state index is 12.8. The predicted octanol–water partition coefficient (Wildman–Crippen LogP) is 3.01. The van der Waals surface area contributed by atoms with Crippen LogP contribution in [0.3, 0.4) is 0 Å². The summed E-state index contributed by atoms with van der Waals surface area (Å²) in [5.74, 6) is 0.0919. The standard InChI is InChI=1S/C18H20N2O4/c1-3-15-16(19-11-24-15)17(21)20-9-5-6-12-10-13(7-8-14(12)20)18(22)23-4-2/h7-8,10-11H,3-6,9H2,1-2H3. The van der Waals surface area contributed by atoms with Gasteiger partial charge in [0.15, 0.2) is 12.1 Å². The molecule has 1 amide bonds. The molecule has 0 saturated heterocycles. The number of hydrogen-bond acceptors (Lipinski definition) is 5. The van der Waals surface area contributed by atoms with Gasteiger partial charge in [-0.05, 0) is 43.5 Å². The SMILES string of the molecule is CCOC(=O)c1ccc2c(c1)CCCN2C(=O)c1ncoc1CC. The largest absolute Gasteiger partial charge is 0.462 e. The normalized spacial score (nSPS) is 13.5. The summed E-state index contributed by atoms with van der Waals surface area (Å²) in [5, 5.41) is 0. The Labute approximate surface area is 140 Å². The average Bonchev–Trinajstić information content (AvgIpc) is 3.09. The van der Waals surface area contributed by atoms with Crippen molar-refractivity contribution < 1.29 is 18.7 Å². The Morgan fingerprint density at radius 2 is 2.17 bits per heavy atom. The molecule has 1 aliphatic rings. The van der Waals surface area contributed by atoms with Gasteiger partial charge < -0.3 is 14.1 Å². The molecule has 0 radical (unpaired) electrons. The summed E-state index contributed by atoms with van der Waals surface area (Å²) in [6.45, 7) is 4.67. The van der Waals surface area contributed by atoms with Crippen LogP contribution in [-0.2, 0) is 17.6 Å². The number of aryl methyl sites for hydroxylation is 2. The summed E-state index contributed by atoms with van der Waals surface area (Å²) >= 11 is 0. The Hall–Kier alpha value is -2.63. The third-order valence-electron chi connectivity index (χ3n) is 4.12. The summed E-state index contributed by atoms with van der Waals surface area (Å²) in [4.78, 5) is 30.5. The summed E-state index contributed by atoms with van der Waals surface area (Å²) in [6, 6.07) is 5.33. The molecule has 2 aromatic rings. The molecule has 126 valence electrons. The maximum Gasteiger partial charge on any atom is 0.338 e. The van der Waals surface area contributed by atoms with Crippen LogP contribution in [0.4, 0.5) is 5.69 Å². The van der Waals surface area contributed by atoms with E-state index in [0.29, 0.717) is 36.6 Å². The number of carbonyl (C=O) groups is 2. The van der Waals surface area contributed by atoms with E-state index in [1.165, 1.54) is 6.39 Å². The first-order valence-electron chi connectivity index (χ1n) is 8.20. The number of amides is 1. The number of anilines is 1. The predicted molar refractivity (Wildman–Crippen MR) is 88.3 cm³/mol. The van der Waals surface area contributed by atoms with Crippen molar-refractivity contribution in [2.45, 2.75) is 33.1 Å². The zero-order valence-electron chi connectivity index (χ0n) is 13.9. The van der Waals surface area contributed by atoms with Crippen LogP contribution in [-0.4, -0.2) is 30.0 Å². The van der Waals surface area contributed by atoms with Gasteiger partial charge in [0.05, 0.1) is 12.2 Å². The number of nitrogens with zero attached hydrogens (tertiary/aromatic N) is 2. The summed E-state index contributed by atoms with van der Waals surface area (Å²) in [5.41, 5.74) is 2.67. The number of hydrogen-bond donors (Lipinski definition) is 0. The lowest BCUT2D eigenvalue weighted by molar-refractivity contribution is 0.0526. The first kappa shape index (κ1) is 16.2. The first-order chi connectivity index (χ1) is 11.7. The molecule has 0 spiro atoms. The smallest absolute Gasteiger partial charge is 0.338 e. The minimum absolute atomic E-state index is 0.162. The molecular weight excluding hydrogens is 308 g/mol. The van der Waals surface area contributed by atoms with Gasteiger partial charge in [-0.15, -0.1) is 0 Å². The minimum atomic E-state index is -0.339. The molecule has 24 heavy (non-hydrogen) atoms. The molecule has 0 aliphatic carbocycles. The van der Waals surface area contributed by atoms with Gasteiger partial charge in [-0.3, -0.25) is 4.79 Å². The fourth-order valence-electron chi connectivity index (χ4n) is 2.97. The number of benzene rings is 1. The molecule has 0 bridgehead atoms. The molecular formula is C18H20N2O4. The molecule has 2 heterocycles. The quantitative estimate of drug-likeness (QED) is 0.807. The number of rotatable bonds is 4. The highest BCUT2D eigenvalue weighted by atomic mass is 16.5. The summed E-state index contributed by atoms with van der Waals surface area (Å²) < 4.78 is 10.3. The molecule has 1 aromatic heterocycles. The molecule has 6 heteroatoms. The van der Waals surface area contributed by atoms with E-state index in [-0.39, 0.29) is 11.9 Å². The lowest BCUT2D eigenvalue weighted by atomic mass is 9.98. The van der Waals surface area contributed by atoms with Crippen molar-refractivity contribution in [1.82, 2.24) is 4.98 Å². The molecule has 0 unspecified atom stereocenters.